The topological polar surface area (TPSA) is 61.0 Å². The summed E-state index contributed by atoms with van der Waals surface area (Å²) < 4.78 is 55.6. The normalized spacial score (nSPS) is 11.4. The van der Waals surface area contributed by atoms with Gasteiger partial charge in [-0.25, -0.2) is 9.37 Å². The standard InChI is InChI=1S/C11H7F4N3O/c12-8-2-1-6(5-7(8)11(13,14)15)19-9-3-4-17-10(16)18-9/h1-5H,(H2,16,17,18). The van der Waals surface area contributed by atoms with E-state index in [9.17, 15) is 17.6 Å². The Morgan fingerprint density at radius 1 is 1.16 bits per heavy atom. The summed E-state index contributed by atoms with van der Waals surface area (Å²) >= 11 is 0. The molecule has 1 aromatic heterocycles. The van der Waals surface area contributed by atoms with Crippen LogP contribution < -0.4 is 10.5 Å². The van der Waals surface area contributed by atoms with Crippen molar-refractivity contribution in [3.8, 4) is 11.6 Å². The molecule has 100 valence electrons. The predicted molar refractivity (Wildman–Crippen MR) is 57.9 cm³/mol. The van der Waals surface area contributed by atoms with E-state index in [0.717, 1.165) is 6.07 Å². The summed E-state index contributed by atoms with van der Waals surface area (Å²) in [6, 6.07) is 3.59. The van der Waals surface area contributed by atoms with E-state index in [-0.39, 0.29) is 17.6 Å². The van der Waals surface area contributed by atoms with E-state index in [1.54, 1.807) is 0 Å². The summed E-state index contributed by atoms with van der Waals surface area (Å²) in [7, 11) is 0. The largest absolute Gasteiger partial charge is 0.439 e. The number of halogens is 4. The molecular weight excluding hydrogens is 266 g/mol. The number of alkyl halides is 3. The fourth-order valence-corrected chi connectivity index (χ4v) is 1.32. The van der Waals surface area contributed by atoms with Crippen LogP contribution in [-0.4, -0.2) is 9.97 Å². The second-order valence-electron chi connectivity index (χ2n) is 3.49. The maximum atomic E-state index is 13.0. The molecule has 0 saturated heterocycles. The molecule has 0 atom stereocenters. The lowest BCUT2D eigenvalue weighted by molar-refractivity contribution is -0.140. The van der Waals surface area contributed by atoms with Crippen molar-refractivity contribution in [2.75, 3.05) is 5.73 Å². The first kappa shape index (κ1) is 13.1. The van der Waals surface area contributed by atoms with Crippen LogP contribution in [0.5, 0.6) is 11.6 Å². The van der Waals surface area contributed by atoms with E-state index in [4.69, 9.17) is 10.5 Å². The highest BCUT2D eigenvalue weighted by Gasteiger charge is 2.34. The molecule has 0 aliphatic rings. The van der Waals surface area contributed by atoms with E-state index in [1.165, 1.54) is 12.3 Å². The summed E-state index contributed by atoms with van der Waals surface area (Å²) in [6.07, 6.45) is -3.51. The summed E-state index contributed by atoms with van der Waals surface area (Å²) in [5.74, 6) is -1.70. The third kappa shape index (κ3) is 3.09. The number of aromatic nitrogens is 2. The van der Waals surface area contributed by atoms with Gasteiger partial charge in [-0.1, -0.05) is 0 Å². The SMILES string of the molecule is Nc1nccc(Oc2ccc(F)c(C(F)(F)F)c2)n1. The Kier molecular flexibility index (Phi) is 3.24. The number of hydrogen-bond acceptors (Lipinski definition) is 4. The highest BCUT2D eigenvalue weighted by molar-refractivity contribution is 5.34. The smallest absolute Gasteiger partial charge is 0.419 e. The van der Waals surface area contributed by atoms with Crippen LogP contribution in [0.4, 0.5) is 23.5 Å². The molecule has 0 saturated carbocycles. The molecule has 0 aliphatic heterocycles. The summed E-state index contributed by atoms with van der Waals surface area (Å²) in [6.45, 7) is 0. The highest BCUT2D eigenvalue weighted by atomic mass is 19.4. The van der Waals surface area contributed by atoms with Gasteiger partial charge in [0.15, 0.2) is 0 Å². The number of rotatable bonds is 2. The molecule has 8 heteroatoms. The molecule has 4 nitrogen and oxygen atoms in total. The first-order valence-corrected chi connectivity index (χ1v) is 4.99. The van der Waals surface area contributed by atoms with Crippen molar-refractivity contribution in [3.05, 3.63) is 41.8 Å². The molecule has 0 amide bonds. The number of ether oxygens (including phenoxy) is 1. The van der Waals surface area contributed by atoms with Crippen LogP contribution in [-0.2, 0) is 6.18 Å². The van der Waals surface area contributed by atoms with E-state index in [2.05, 4.69) is 9.97 Å². The Labute approximate surface area is 104 Å². The van der Waals surface area contributed by atoms with Crippen molar-refractivity contribution in [1.29, 1.82) is 0 Å². The van der Waals surface area contributed by atoms with Crippen LogP contribution in [0.2, 0.25) is 0 Å². The van der Waals surface area contributed by atoms with Gasteiger partial charge in [0, 0.05) is 12.3 Å². The maximum absolute atomic E-state index is 13.0. The molecule has 2 aromatic rings. The minimum atomic E-state index is -4.80. The van der Waals surface area contributed by atoms with Gasteiger partial charge in [-0.2, -0.15) is 18.2 Å². The number of benzene rings is 1. The van der Waals surface area contributed by atoms with Gasteiger partial charge in [-0.15, -0.1) is 0 Å². The number of nitrogens with zero attached hydrogens (tertiary/aromatic N) is 2. The number of nitrogen functional groups attached to an aromatic ring is 1. The monoisotopic (exact) mass is 273 g/mol. The van der Waals surface area contributed by atoms with Crippen molar-refractivity contribution in [2.45, 2.75) is 6.18 Å². The number of nitrogens with two attached hydrogens (primary N) is 1. The van der Waals surface area contributed by atoms with Crippen molar-refractivity contribution >= 4 is 5.95 Å². The third-order valence-corrected chi connectivity index (χ3v) is 2.11. The average molecular weight is 273 g/mol. The van der Waals surface area contributed by atoms with Crippen LogP contribution in [0, 0.1) is 5.82 Å². The molecule has 2 rings (SSSR count). The summed E-state index contributed by atoms with van der Waals surface area (Å²) in [5.41, 5.74) is 3.88. The van der Waals surface area contributed by atoms with Crippen molar-refractivity contribution in [2.24, 2.45) is 0 Å². The van der Waals surface area contributed by atoms with E-state index in [1.807, 2.05) is 0 Å². The maximum Gasteiger partial charge on any atom is 0.419 e. The van der Waals surface area contributed by atoms with Gasteiger partial charge in [0.1, 0.15) is 11.6 Å². The molecule has 1 aromatic carbocycles. The zero-order chi connectivity index (χ0) is 14.0. The van der Waals surface area contributed by atoms with Gasteiger partial charge in [0.05, 0.1) is 5.56 Å². The minimum absolute atomic E-state index is 0.0350. The lowest BCUT2D eigenvalue weighted by Crippen LogP contribution is -2.08. The van der Waals surface area contributed by atoms with Crippen molar-refractivity contribution < 1.29 is 22.3 Å². The molecule has 0 spiro atoms. The summed E-state index contributed by atoms with van der Waals surface area (Å²) in [5, 5.41) is 0. The van der Waals surface area contributed by atoms with Crippen LogP contribution in [0.1, 0.15) is 5.56 Å². The van der Waals surface area contributed by atoms with Gasteiger partial charge in [-0.05, 0) is 18.2 Å². The summed E-state index contributed by atoms with van der Waals surface area (Å²) in [4.78, 5) is 7.25. The Balaban J connectivity index is 2.32. The first-order valence-electron chi connectivity index (χ1n) is 4.99. The van der Waals surface area contributed by atoms with Crippen molar-refractivity contribution in [3.63, 3.8) is 0 Å². The quantitative estimate of drug-likeness (QED) is 0.854. The van der Waals surface area contributed by atoms with Crippen LogP contribution in [0.25, 0.3) is 0 Å². The van der Waals surface area contributed by atoms with Crippen LogP contribution in [0.15, 0.2) is 30.5 Å². The second kappa shape index (κ2) is 4.71. The minimum Gasteiger partial charge on any atom is -0.439 e. The third-order valence-electron chi connectivity index (χ3n) is 2.11. The molecule has 0 radical (unpaired) electrons. The van der Waals surface area contributed by atoms with Gasteiger partial charge in [0.25, 0.3) is 0 Å². The Hall–Kier alpha value is -2.38. The molecular formula is C11H7F4N3O. The predicted octanol–water partition coefficient (Wildman–Crippen LogP) is 3.01. The lowest BCUT2D eigenvalue weighted by Gasteiger charge is -2.10. The molecule has 0 aliphatic carbocycles. The zero-order valence-electron chi connectivity index (χ0n) is 9.28. The molecule has 0 bridgehead atoms. The fourth-order valence-electron chi connectivity index (χ4n) is 1.32. The van der Waals surface area contributed by atoms with E-state index < -0.39 is 17.6 Å². The van der Waals surface area contributed by atoms with Crippen LogP contribution >= 0.6 is 0 Å². The van der Waals surface area contributed by atoms with Crippen LogP contribution in [0.3, 0.4) is 0 Å². The number of anilines is 1. The molecule has 0 unspecified atom stereocenters. The fraction of sp³-hybridized carbons (Fsp3) is 0.0909. The lowest BCUT2D eigenvalue weighted by atomic mass is 10.2. The van der Waals surface area contributed by atoms with E-state index in [0.29, 0.717) is 12.1 Å². The molecule has 0 fully saturated rings. The van der Waals surface area contributed by atoms with Gasteiger partial charge >= 0.3 is 6.18 Å². The Morgan fingerprint density at radius 2 is 1.89 bits per heavy atom. The Morgan fingerprint density at radius 3 is 2.53 bits per heavy atom. The first-order chi connectivity index (χ1) is 8.86. The number of hydrogen-bond donors (Lipinski definition) is 1. The zero-order valence-corrected chi connectivity index (χ0v) is 9.28. The van der Waals surface area contributed by atoms with Crippen molar-refractivity contribution in [1.82, 2.24) is 9.97 Å². The molecule has 1 heterocycles. The Bertz CT molecular complexity index is 601. The van der Waals surface area contributed by atoms with Gasteiger partial charge in [0.2, 0.25) is 11.8 Å². The average Bonchev–Trinajstić information content (AvgIpc) is 2.30. The molecule has 2 N–H and O–H groups in total. The van der Waals surface area contributed by atoms with E-state index >= 15 is 0 Å². The highest BCUT2D eigenvalue weighted by Crippen LogP contribution is 2.34. The van der Waals surface area contributed by atoms with Gasteiger partial charge in [-0.3, -0.25) is 0 Å². The second-order valence-corrected chi connectivity index (χ2v) is 3.49. The van der Waals surface area contributed by atoms with Gasteiger partial charge < -0.3 is 10.5 Å². The molecule has 19 heavy (non-hydrogen) atoms.